The summed E-state index contributed by atoms with van der Waals surface area (Å²) in [6.07, 6.45) is 5.13. The molecule has 0 bridgehead atoms. The summed E-state index contributed by atoms with van der Waals surface area (Å²) < 4.78 is 0. The maximum Gasteiger partial charge on any atom is 0.0722 e. The molecule has 76 valence electrons. The molecule has 0 aliphatic carbocycles. The third kappa shape index (κ3) is 2.09. The first-order valence-corrected chi connectivity index (χ1v) is 5.04. The summed E-state index contributed by atoms with van der Waals surface area (Å²) in [6, 6.07) is 4.44. The van der Waals surface area contributed by atoms with Crippen LogP contribution in [0.25, 0.3) is 0 Å². The third-order valence-electron chi connectivity index (χ3n) is 2.44. The number of pyridine rings is 1. The maximum absolute atomic E-state index is 4.11. The highest BCUT2D eigenvalue weighted by Gasteiger charge is 2.23. The number of rotatable bonds is 3. The van der Waals surface area contributed by atoms with Crippen LogP contribution in [-0.2, 0) is 0 Å². The van der Waals surface area contributed by atoms with Crippen LogP contribution in [0.5, 0.6) is 0 Å². The Hall–Kier alpha value is -0.970. The molecule has 3 N–H and O–H groups in total. The quantitative estimate of drug-likeness (QED) is 0.655. The summed E-state index contributed by atoms with van der Waals surface area (Å²) in [5.74, 6) is 0. The van der Waals surface area contributed by atoms with Gasteiger partial charge in [0.2, 0.25) is 0 Å². The van der Waals surface area contributed by atoms with Gasteiger partial charge in [-0.3, -0.25) is 4.98 Å². The fourth-order valence-electron chi connectivity index (χ4n) is 1.74. The number of hydrazine groups is 1. The van der Waals surface area contributed by atoms with Crippen LogP contribution in [0.2, 0.25) is 0 Å². The fraction of sp³-hybridized carbons (Fsp3) is 0.500. The lowest BCUT2D eigenvalue weighted by atomic mass is 10.1. The predicted octanol–water partition coefficient (Wildman–Crippen LogP) is 0.556. The molecule has 2 atom stereocenters. The highest BCUT2D eigenvalue weighted by Crippen LogP contribution is 2.19. The minimum atomic E-state index is 0.366. The van der Waals surface area contributed by atoms with Gasteiger partial charge >= 0.3 is 0 Å². The zero-order chi connectivity index (χ0) is 9.80. The van der Waals surface area contributed by atoms with E-state index in [0.717, 1.165) is 13.0 Å². The highest BCUT2D eigenvalue weighted by molar-refractivity contribution is 5.15. The van der Waals surface area contributed by atoms with Gasteiger partial charge in [-0.15, -0.1) is 0 Å². The van der Waals surface area contributed by atoms with Crippen molar-refractivity contribution in [3.8, 4) is 0 Å². The Kier molecular flexibility index (Phi) is 3.08. The van der Waals surface area contributed by atoms with Gasteiger partial charge in [0.1, 0.15) is 0 Å². The molecule has 1 aliphatic heterocycles. The van der Waals surface area contributed by atoms with Crippen molar-refractivity contribution in [3.63, 3.8) is 0 Å². The van der Waals surface area contributed by atoms with Crippen molar-refractivity contribution in [2.75, 3.05) is 6.54 Å². The van der Waals surface area contributed by atoms with E-state index in [4.69, 9.17) is 0 Å². The van der Waals surface area contributed by atoms with E-state index in [1.54, 1.807) is 6.20 Å². The van der Waals surface area contributed by atoms with Gasteiger partial charge in [-0.05, 0) is 24.6 Å². The molecule has 0 radical (unpaired) electrons. The summed E-state index contributed by atoms with van der Waals surface area (Å²) in [6.45, 7) is 3.10. The van der Waals surface area contributed by atoms with Crippen LogP contribution in [0.3, 0.4) is 0 Å². The molecule has 0 aromatic carbocycles. The molecular formula is C10H16N4. The average molecular weight is 192 g/mol. The first kappa shape index (κ1) is 9.58. The molecule has 0 spiro atoms. The average Bonchev–Trinajstić information content (AvgIpc) is 2.68. The van der Waals surface area contributed by atoms with E-state index in [-0.39, 0.29) is 0 Å². The molecule has 4 nitrogen and oxygen atoms in total. The lowest BCUT2D eigenvalue weighted by Crippen LogP contribution is -2.40. The topological polar surface area (TPSA) is 49.0 Å². The lowest BCUT2D eigenvalue weighted by molar-refractivity contribution is 0.470. The first-order chi connectivity index (χ1) is 6.90. The Labute approximate surface area is 84.1 Å². The Morgan fingerprint density at radius 2 is 2.50 bits per heavy atom. The molecule has 2 heterocycles. The summed E-state index contributed by atoms with van der Waals surface area (Å²) >= 11 is 0. The molecule has 4 heteroatoms. The summed E-state index contributed by atoms with van der Waals surface area (Å²) in [5.41, 5.74) is 7.71. The van der Waals surface area contributed by atoms with E-state index in [2.05, 4.69) is 34.1 Å². The Morgan fingerprint density at radius 1 is 1.57 bits per heavy atom. The molecule has 1 aromatic rings. The second kappa shape index (κ2) is 4.50. The zero-order valence-corrected chi connectivity index (χ0v) is 8.33. The van der Waals surface area contributed by atoms with Gasteiger partial charge in [0, 0.05) is 12.4 Å². The maximum atomic E-state index is 4.11. The van der Waals surface area contributed by atoms with Gasteiger partial charge in [-0.25, -0.2) is 10.9 Å². The van der Waals surface area contributed by atoms with E-state index < -0.39 is 0 Å². The SMILES string of the molecule is CCNC1CC(c2cccnc2)NN1. The number of aromatic nitrogens is 1. The van der Waals surface area contributed by atoms with Crippen molar-refractivity contribution < 1.29 is 0 Å². The number of nitrogens with one attached hydrogen (secondary N) is 3. The molecule has 14 heavy (non-hydrogen) atoms. The molecule has 0 saturated carbocycles. The van der Waals surface area contributed by atoms with Gasteiger partial charge in [-0.2, -0.15) is 0 Å². The van der Waals surface area contributed by atoms with Gasteiger partial charge in [0.05, 0.1) is 12.2 Å². The first-order valence-electron chi connectivity index (χ1n) is 5.04. The van der Waals surface area contributed by atoms with Crippen molar-refractivity contribution in [1.29, 1.82) is 0 Å². The molecule has 1 aromatic heterocycles. The van der Waals surface area contributed by atoms with Gasteiger partial charge < -0.3 is 5.32 Å². The lowest BCUT2D eigenvalue weighted by Gasteiger charge is -2.09. The van der Waals surface area contributed by atoms with Gasteiger partial charge in [0.25, 0.3) is 0 Å². The van der Waals surface area contributed by atoms with E-state index in [0.29, 0.717) is 12.2 Å². The van der Waals surface area contributed by atoms with E-state index in [9.17, 15) is 0 Å². The normalized spacial score (nSPS) is 26.6. The molecular weight excluding hydrogens is 176 g/mol. The van der Waals surface area contributed by atoms with Crippen molar-refractivity contribution >= 4 is 0 Å². The van der Waals surface area contributed by atoms with E-state index in [1.807, 2.05) is 12.3 Å². The minimum Gasteiger partial charge on any atom is -0.301 e. The monoisotopic (exact) mass is 192 g/mol. The van der Waals surface area contributed by atoms with Crippen LogP contribution >= 0.6 is 0 Å². The van der Waals surface area contributed by atoms with Crippen molar-refractivity contribution in [2.45, 2.75) is 25.6 Å². The van der Waals surface area contributed by atoms with Crippen LogP contribution in [0.4, 0.5) is 0 Å². The molecule has 1 fully saturated rings. The zero-order valence-electron chi connectivity index (χ0n) is 8.33. The Balaban J connectivity index is 1.96. The standard InChI is InChI=1S/C10H16N4/c1-2-12-10-6-9(13-14-10)8-4-3-5-11-7-8/h3-5,7,9-10,12-14H,2,6H2,1H3. The fourth-order valence-corrected chi connectivity index (χ4v) is 1.74. The summed E-state index contributed by atoms with van der Waals surface area (Å²) in [7, 11) is 0. The van der Waals surface area contributed by atoms with Crippen molar-refractivity contribution in [2.24, 2.45) is 0 Å². The number of nitrogens with zero attached hydrogens (tertiary/aromatic N) is 1. The smallest absolute Gasteiger partial charge is 0.0722 e. The van der Waals surface area contributed by atoms with Gasteiger partial charge in [0.15, 0.2) is 0 Å². The van der Waals surface area contributed by atoms with Crippen LogP contribution in [0.15, 0.2) is 24.5 Å². The second-order valence-electron chi connectivity index (χ2n) is 3.47. The summed E-state index contributed by atoms with van der Waals surface area (Å²) in [4.78, 5) is 4.11. The van der Waals surface area contributed by atoms with Crippen molar-refractivity contribution in [1.82, 2.24) is 21.2 Å². The molecule has 1 aliphatic rings. The van der Waals surface area contributed by atoms with Crippen LogP contribution in [0.1, 0.15) is 24.9 Å². The van der Waals surface area contributed by atoms with E-state index >= 15 is 0 Å². The minimum absolute atomic E-state index is 0.366. The highest BCUT2D eigenvalue weighted by atomic mass is 15.5. The van der Waals surface area contributed by atoms with Gasteiger partial charge in [-0.1, -0.05) is 13.0 Å². The van der Waals surface area contributed by atoms with Crippen molar-refractivity contribution in [3.05, 3.63) is 30.1 Å². The largest absolute Gasteiger partial charge is 0.301 e. The van der Waals surface area contributed by atoms with E-state index in [1.165, 1.54) is 5.56 Å². The predicted molar refractivity (Wildman–Crippen MR) is 55.3 cm³/mol. The van der Waals surface area contributed by atoms with Crippen LogP contribution in [-0.4, -0.2) is 17.7 Å². The van der Waals surface area contributed by atoms with Crippen LogP contribution < -0.4 is 16.2 Å². The molecule has 1 saturated heterocycles. The Bertz CT molecular complexity index is 275. The molecule has 0 amide bonds. The molecule has 2 unspecified atom stereocenters. The number of hydrogen-bond donors (Lipinski definition) is 3. The number of hydrogen-bond acceptors (Lipinski definition) is 4. The molecule has 2 rings (SSSR count). The second-order valence-corrected chi connectivity index (χ2v) is 3.47. The third-order valence-corrected chi connectivity index (χ3v) is 2.44. The summed E-state index contributed by atoms with van der Waals surface area (Å²) in [5, 5.41) is 3.35. The van der Waals surface area contributed by atoms with Crippen LogP contribution in [0, 0.1) is 0 Å². The Morgan fingerprint density at radius 3 is 3.21 bits per heavy atom.